The SMILES string of the molecule is O=C(Nc1cccc(CNS(=O)(=O)c2ccccc2Cl)c1)C1CC1. The fourth-order valence-electron chi connectivity index (χ4n) is 2.27. The van der Waals surface area contributed by atoms with Gasteiger partial charge in [0, 0.05) is 18.2 Å². The maximum absolute atomic E-state index is 12.3. The summed E-state index contributed by atoms with van der Waals surface area (Å²) in [5.41, 5.74) is 1.42. The van der Waals surface area contributed by atoms with Crippen LogP contribution in [0.1, 0.15) is 18.4 Å². The van der Waals surface area contributed by atoms with Gasteiger partial charge in [0.15, 0.2) is 0 Å². The van der Waals surface area contributed by atoms with Crippen molar-refractivity contribution < 1.29 is 13.2 Å². The molecule has 2 aromatic rings. The number of carbonyl (C=O) groups is 1. The number of rotatable bonds is 6. The van der Waals surface area contributed by atoms with Crippen LogP contribution in [0.15, 0.2) is 53.4 Å². The van der Waals surface area contributed by atoms with E-state index in [4.69, 9.17) is 11.6 Å². The minimum Gasteiger partial charge on any atom is -0.326 e. The van der Waals surface area contributed by atoms with Crippen LogP contribution < -0.4 is 10.0 Å². The number of carbonyl (C=O) groups excluding carboxylic acids is 1. The monoisotopic (exact) mass is 364 g/mol. The Bertz CT molecular complexity index is 864. The first-order valence-electron chi connectivity index (χ1n) is 7.60. The average molecular weight is 365 g/mol. The van der Waals surface area contributed by atoms with Crippen molar-refractivity contribution in [1.82, 2.24) is 4.72 Å². The summed E-state index contributed by atoms with van der Waals surface area (Å²) < 4.78 is 27.2. The van der Waals surface area contributed by atoms with Gasteiger partial charge in [-0.1, -0.05) is 35.9 Å². The third-order valence-corrected chi connectivity index (χ3v) is 5.64. The van der Waals surface area contributed by atoms with Crippen molar-refractivity contribution in [3.8, 4) is 0 Å². The van der Waals surface area contributed by atoms with Crippen LogP contribution in [-0.2, 0) is 21.4 Å². The first kappa shape index (κ1) is 17.0. The quantitative estimate of drug-likeness (QED) is 0.826. The molecule has 1 aliphatic rings. The Morgan fingerprint density at radius 2 is 1.88 bits per heavy atom. The molecular weight excluding hydrogens is 348 g/mol. The van der Waals surface area contributed by atoms with Gasteiger partial charge in [0.1, 0.15) is 4.90 Å². The minimum absolute atomic E-state index is 0.0174. The van der Waals surface area contributed by atoms with Crippen LogP contribution in [0, 0.1) is 5.92 Å². The van der Waals surface area contributed by atoms with E-state index in [0.29, 0.717) is 5.69 Å². The number of sulfonamides is 1. The average Bonchev–Trinajstić information content (AvgIpc) is 3.39. The summed E-state index contributed by atoms with van der Waals surface area (Å²) in [4.78, 5) is 11.8. The molecule has 0 heterocycles. The van der Waals surface area contributed by atoms with Crippen LogP contribution in [0.4, 0.5) is 5.69 Å². The predicted molar refractivity (Wildman–Crippen MR) is 93.3 cm³/mol. The van der Waals surface area contributed by atoms with Gasteiger partial charge < -0.3 is 5.32 Å². The Hall–Kier alpha value is -1.89. The molecule has 1 saturated carbocycles. The molecule has 1 fully saturated rings. The lowest BCUT2D eigenvalue weighted by molar-refractivity contribution is -0.117. The fourth-order valence-corrected chi connectivity index (χ4v) is 3.80. The number of nitrogens with one attached hydrogen (secondary N) is 2. The van der Waals surface area contributed by atoms with Crippen molar-refractivity contribution in [3.63, 3.8) is 0 Å². The standard InChI is InChI=1S/C17H17ClN2O3S/c18-15-6-1-2-7-16(15)24(22,23)19-11-12-4-3-5-14(10-12)20-17(21)13-8-9-13/h1-7,10,13,19H,8-9,11H2,(H,20,21). The van der Waals surface area contributed by atoms with Crippen molar-refractivity contribution >= 4 is 33.2 Å². The highest BCUT2D eigenvalue weighted by atomic mass is 35.5. The molecule has 2 N–H and O–H groups in total. The number of hydrogen-bond acceptors (Lipinski definition) is 3. The van der Waals surface area contributed by atoms with Crippen molar-refractivity contribution in [1.29, 1.82) is 0 Å². The third-order valence-electron chi connectivity index (χ3n) is 3.74. The van der Waals surface area contributed by atoms with Crippen LogP contribution in [0.3, 0.4) is 0 Å². The molecule has 0 aromatic heterocycles. The normalized spacial score (nSPS) is 14.4. The Kier molecular flexibility index (Phi) is 4.89. The lowest BCUT2D eigenvalue weighted by Crippen LogP contribution is -2.23. The summed E-state index contributed by atoms with van der Waals surface area (Å²) in [5, 5.41) is 3.02. The Balaban J connectivity index is 1.68. The summed E-state index contributed by atoms with van der Waals surface area (Å²) in [7, 11) is -3.70. The van der Waals surface area contributed by atoms with Crippen LogP contribution in [-0.4, -0.2) is 14.3 Å². The maximum atomic E-state index is 12.3. The summed E-state index contributed by atoms with van der Waals surface area (Å²) >= 11 is 5.94. The zero-order valence-corrected chi connectivity index (χ0v) is 14.4. The van der Waals surface area contributed by atoms with Gasteiger partial charge in [-0.15, -0.1) is 0 Å². The van der Waals surface area contributed by atoms with Crippen molar-refractivity contribution in [2.75, 3.05) is 5.32 Å². The van der Waals surface area contributed by atoms with E-state index in [1.54, 1.807) is 36.4 Å². The van der Waals surface area contributed by atoms with E-state index in [1.807, 2.05) is 0 Å². The second kappa shape index (κ2) is 6.93. The Labute approximate surface area is 146 Å². The smallest absolute Gasteiger partial charge is 0.242 e. The molecule has 1 aliphatic carbocycles. The molecule has 0 bridgehead atoms. The summed E-state index contributed by atoms with van der Waals surface area (Å²) in [6.45, 7) is 0.112. The summed E-state index contributed by atoms with van der Waals surface area (Å²) in [6.07, 6.45) is 1.87. The van der Waals surface area contributed by atoms with Gasteiger partial charge in [-0.05, 0) is 42.7 Å². The van der Waals surface area contributed by atoms with Gasteiger partial charge in [0.05, 0.1) is 5.02 Å². The largest absolute Gasteiger partial charge is 0.326 e. The fraction of sp³-hybridized carbons (Fsp3) is 0.235. The second-order valence-electron chi connectivity index (χ2n) is 5.72. The summed E-state index contributed by atoms with van der Waals surface area (Å²) in [6, 6.07) is 13.4. The molecule has 0 spiro atoms. The number of hydrogen-bond donors (Lipinski definition) is 2. The first-order valence-corrected chi connectivity index (χ1v) is 9.46. The van der Waals surface area contributed by atoms with E-state index < -0.39 is 10.0 Å². The van der Waals surface area contributed by atoms with Crippen LogP contribution >= 0.6 is 11.6 Å². The van der Waals surface area contributed by atoms with E-state index in [0.717, 1.165) is 18.4 Å². The van der Waals surface area contributed by atoms with Gasteiger partial charge in [0.2, 0.25) is 15.9 Å². The maximum Gasteiger partial charge on any atom is 0.242 e. The molecule has 7 heteroatoms. The highest BCUT2D eigenvalue weighted by Gasteiger charge is 2.29. The molecule has 0 radical (unpaired) electrons. The molecule has 24 heavy (non-hydrogen) atoms. The van der Waals surface area contributed by atoms with Gasteiger partial charge in [0.25, 0.3) is 0 Å². The highest BCUT2D eigenvalue weighted by molar-refractivity contribution is 7.89. The van der Waals surface area contributed by atoms with E-state index in [2.05, 4.69) is 10.0 Å². The van der Waals surface area contributed by atoms with Crippen molar-refractivity contribution in [2.24, 2.45) is 5.92 Å². The molecule has 0 atom stereocenters. The molecule has 0 aliphatic heterocycles. The first-order chi connectivity index (χ1) is 11.5. The van der Waals surface area contributed by atoms with Gasteiger partial charge >= 0.3 is 0 Å². The predicted octanol–water partition coefficient (Wildman–Crippen LogP) is 3.17. The molecular formula is C17H17ClN2O3S. The molecule has 126 valence electrons. The lowest BCUT2D eigenvalue weighted by Gasteiger charge is -2.10. The topological polar surface area (TPSA) is 75.3 Å². The number of benzene rings is 2. The van der Waals surface area contributed by atoms with Crippen LogP contribution in [0.5, 0.6) is 0 Å². The van der Waals surface area contributed by atoms with E-state index >= 15 is 0 Å². The Morgan fingerprint density at radius 1 is 1.12 bits per heavy atom. The molecule has 1 amide bonds. The van der Waals surface area contributed by atoms with Crippen LogP contribution in [0.25, 0.3) is 0 Å². The number of halogens is 1. The van der Waals surface area contributed by atoms with Crippen LogP contribution in [0.2, 0.25) is 5.02 Å². The van der Waals surface area contributed by atoms with Gasteiger partial charge in [-0.25, -0.2) is 13.1 Å². The van der Waals surface area contributed by atoms with E-state index in [9.17, 15) is 13.2 Å². The molecule has 0 saturated heterocycles. The molecule has 5 nitrogen and oxygen atoms in total. The summed E-state index contributed by atoms with van der Waals surface area (Å²) in [5.74, 6) is 0.135. The number of amides is 1. The molecule has 2 aromatic carbocycles. The number of anilines is 1. The van der Waals surface area contributed by atoms with E-state index in [-0.39, 0.29) is 28.3 Å². The lowest BCUT2D eigenvalue weighted by atomic mass is 10.2. The van der Waals surface area contributed by atoms with Crippen molar-refractivity contribution in [2.45, 2.75) is 24.3 Å². The van der Waals surface area contributed by atoms with Crippen molar-refractivity contribution in [3.05, 3.63) is 59.1 Å². The second-order valence-corrected chi connectivity index (χ2v) is 7.86. The van der Waals surface area contributed by atoms with Gasteiger partial charge in [-0.2, -0.15) is 0 Å². The molecule has 0 unspecified atom stereocenters. The highest BCUT2D eigenvalue weighted by Crippen LogP contribution is 2.30. The molecule has 3 rings (SSSR count). The van der Waals surface area contributed by atoms with Gasteiger partial charge in [-0.3, -0.25) is 4.79 Å². The zero-order chi connectivity index (χ0) is 17.2. The third kappa shape index (κ3) is 4.14. The Morgan fingerprint density at radius 3 is 2.58 bits per heavy atom. The van der Waals surface area contributed by atoms with E-state index in [1.165, 1.54) is 12.1 Å². The minimum atomic E-state index is -3.70. The zero-order valence-electron chi connectivity index (χ0n) is 12.8.